The van der Waals surface area contributed by atoms with Gasteiger partial charge in [-0.25, -0.2) is 9.37 Å². The molecule has 0 radical (unpaired) electrons. The summed E-state index contributed by atoms with van der Waals surface area (Å²) in [5.74, 6) is -0.297. The number of rotatable bonds is 1. The van der Waals surface area contributed by atoms with Crippen LogP contribution in [0, 0.1) is 5.82 Å². The highest BCUT2D eigenvalue weighted by Gasteiger charge is 2.31. The number of aromatic nitrogens is 2. The molecule has 5 nitrogen and oxygen atoms in total. The van der Waals surface area contributed by atoms with Crippen molar-refractivity contribution in [1.29, 1.82) is 0 Å². The first kappa shape index (κ1) is 12.3. The van der Waals surface area contributed by atoms with Crippen LogP contribution >= 0.6 is 15.9 Å². The van der Waals surface area contributed by atoms with E-state index in [-0.39, 0.29) is 27.9 Å². The molecule has 2 aromatic rings. The third-order valence-electron chi connectivity index (χ3n) is 3.00. The average molecular weight is 325 g/mol. The second kappa shape index (κ2) is 4.41. The van der Waals surface area contributed by atoms with E-state index in [2.05, 4.69) is 25.9 Å². The summed E-state index contributed by atoms with van der Waals surface area (Å²) in [5, 5.41) is 0.228. The van der Waals surface area contributed by atoms with Gasteiger partial charge in [0.2, 0.25) is 11.9 Å². The number of nitrogen functional groups attached to an aromatic ring is 1. The highest BCUT2D eigenvalue weighted by molar-refractivity contribution is 9.09. The third-order valence-corrected chi connectivity index (χ3v) is 3.62. The minimum Gasteiger partial charge on any atom is -0.368 e. The zero-order chi connectivity index (χ0) is 13.6. The first-order chi connectivity index (χ1) is 9.06. The smallest absolute Gasteiger partial charge is 0.229 e. The number of fused-ring (bicyclic) bond motifs is 1. The summed E-state index contributed by atoms with van der Waals surface area (Å²) in [6, 6.07) is 4.51. The fourth-order valence-electron chi connectivity index (χ4n) is 2.20. The molecule has 19 heavy (non-hydrogen) atoms. The van der Waals surface area contributed by atoms with Crippen LogP contribution in [0.25, 0.3) is 10.9 Å². The van der Waals surface area contributed by atoms with Crippen LogP contribution in [0.15, 0.2) is 18.2 Å². The Balaban J connectivity index is 2.25. The van der Waals surface area contributed by atoms with E-state index in [9.17, 15) is 9.18 Å². The van der Waals surface area contributed by atoms with E-state index in [1.54, 1.807) is 12.1 Å². The Morgan fingerprint density at radius 3 is 2.89 bits per heavy atom. The minimum atomic E-state index is -0.460. The molecule has 1 aromatic carbocycles. The Morgan fingerprint density at radius 1 is 1.42 bits per heavy atom. The molecule has 1 amide bonds. The molecule has 2 N–H and O–H groups in total. The van der Waals surface area contributed by atoms with Gasteiger partial charge in [-0.3, -0.25) is 9.69 Å². The molecule has 7 heteroatoms. The standard InChI is InChI=1S/C12H10BrFN4O/c13-6-4-9(19)18(5-6)11-10-7(14)2-1-3-8(10)16-12(15)17-11/h1-3,6H,4-5H2,(H2,15,16,17). The van der Waals surface area contributed by atoms with Gasteiger partial charge in [0.05, 0.1) is 10.9 Å². The maximum absolute atomic E-state index is 14.0. The van der Waals surface area contributed by atoms with Crippen LogP contribution in [0.5, 0.6) is 0 Å². The van der Waals surface area contributed by atoms with Crippen LogP contribution in [-0.2, 0) is 4.79 Å². The number of nitrogens with zero attached hydrogens (tertiary/aromatic N) is 3. The summed E-state index contributed by atoms with van der Waals surface area (Å²) in [5.41, 5.74) is 6.02. The van der Waals surface area contributed by atoms with Gasteiger partial charge in [0, 0.05) is 17.8 Å². The topological polar surface area (TPSA) is 72.1 Å². The SMILES string of the molecule is Nc1nc(N2CC(Br)CC2=O)c2c(F)cccc2n1. The Bertz CT molecular complexity index is 678. The van der Waals surface area contributed by atoms with Crippen molar-refractivity contribution in [3.63, 3.8) is 0 Å². The maximum Gasteiger partial charge on any atom is 0.229 e. The lowest BCUT2D eigenvalue weighted by Gasteiger charge is -2.17. The van der Waals surface area contributed by atoms with Gasteiger partial charge in [-0.2, -0.15) is 4.98 Å². The number of carbonyl (C=O) groups is 1. The molecule has 1 aliphatic heterocycles. The Hall–Kier alpha value is -1.76. The number of hydrogen-bond donors (Lipinski definition) is 1. The highest BCUT2D eigenvalue weighted by Crippen LogP contribution is 2.31. The molecule has 0 aliphatic carbocycles. The van der Waals surface area contributed by atoms with Gasteiger partial charge in [0.25, 0.3) is 0 Å². The van der Waals surface area contributed by atoms with Crippen molar-refractivity contribution in [3.8, 4) is 0 Å². The summed E-state index contributed by atoms with van der Waals surface area (Å²) in [7, 11) is 0. The van der Waals surface area contributed by atoms with Crippen molar-refractivity contribution >= 4 is 44.5 Å². The number of amides is 1. The molecule has 1 atom stereocenters. The van der Waals surface area contributed by atoms with Gasteiger partial charge in [-0.05, 0) is 12.1 Å². The van der Waals surface area contributed by atoms with Crippen molar-refractivity contribution in [2.45, 2.75) is 11.2 Å². The van der Waals surface area contributed by atoms with Gasteiger partial charge in [0.1, 0.15) is 5.82 Å². The Morgan fingerprint density at radius 2 is 2.21 bits per heavy atom. The first-order valence-corrected chi connectivity index (χ1v) is 6.64. The summed E-state index contributed by atoms with van der Waals surface area (Å²) >= 11 is 3.39. The lowest BCUT2D eigenvalue weighted by molar-refractivity contribution is -0.117. The average Bonchev–Trinajstić information content (AvgIpc) is 2.67. The zero-order valence-electron chi connectivity index (χ0n) is 9.81. The molecule has 0 saturated carbocycles. The van der Waals surface area contributed by atoms with Crippen LogP contribution < -0.4 is 10.6 Å². The van der Waals surface area contributed by atoms with E-state index in [4.69, 9.17) is 5.73 Å². The van der Waals surface area contributed by atoms with Crippen LogP contribution in [-0.4, -0.2) is 27.2 Å². The van der Waals surface area contributed by atoms with Crippen molar-refractivity contribution in [1.82, 2.24) is 9.97 Å². The number of anilines is 2. The van der Waals surface area contributed by atoms with E-state index in [1.165, 1.54) is 11.0 Å². The van der Waals surface area contributed by atoms with Gasteiger partial charge < -0.3 is 5.73 Å². The van der Waals surface area contributed by atoms with E-state index >= 15 is 0 Å². The number of alkyl halides is 1. The maximum atomic E-state index is 14.0. The van der Waals surface area contributed by atoms with Gasteiger partial charge in [-0.15, -0.1) is 0 Å². The summed E-state index contributed by atoms with van der Waals surface area (Å²) in [4.78, 5) is 21.4. The number of nitrogens with two attached hydrogens (primary N) is 1. The van der Waals surface area contributed by atoms with Crippen LogP contribution in [0.3, 0.4) is 0 Å². The van der Waals surface area contributed by atoms with Crippen molar-refractivity contribution in [2.75, 3.05) is 17.2 Å². The third kappa shape index (κ3) is 2.03. The molecule has 0 spiro atoms. The number of carbonyl (C=O) groups excluding carboxylic acids is 1. The van der Waals surface area contributed by atoms with Gasteiger partial charge in [-0.1, -0.05) is 22.0 Å². The van der Waals surface area contributed by atoms with Crippen LogP contribution in [0.4, 0.5) is 16.2 Å². The predicted molar refractivity (Wildman–Crippen MR) is 73.6 cm³/mol. The lowest BCUT2D eigenvalue weighted by atomic mass is 10.2. The predicted octanol–water partition coefficient (Wildman–Crippen LogP) is 1.85. The Labute approximate surface area is 116 Å². The second-order valence-electron chi connectivity index (χ2n) is 4.35. The molecule has 1 unspecified atom stereocenters. The molecular formula is C12H10BrFN4O. The molecule has 1 saturated heterocycles. The lowest BCUT2D eigenvalue weighted by Crippen LogP contribution is -2.26. The van der Waals surface area contributed by atoms with Gasteiger partial charge >= 0.3 is 0 Å². The normalized spacial score (nSPS) is 19.4. The molecule has 1 aliphatic rings. The molecular weight excluding hydrogens is 315 g/mol. The molecule has 2 heterocycles. The van der Waals surface area contributed by atoms with Crippen molar-refractivity contribution in [2.24, 2.45) is 0 Å². The quantitative estimate of drug-likeness (QED) is 0.812. The fraction of sp³-hybridized carbons (Fsp3) is 0.250. The summed E-state index contributed by atoms with van der Waals surface area (Å²) in [6.07, 6.45) is 0.361. The number of benzene rings is 1. The van der Waals surface area contributed by atoms with Gasteiger partial charge in [0.15, 0.2) is 5.82 Å². The Kier molecular flexibility index (Phi) is 2.85. The molecule has 98 valence electrons. The minimum absolute atomic E-state index is 0.0268. The van der Waals surface area contributed by atoms with Crippen LogP contribution in [0.1, 0.15) is 6.42 Å². The van der Waals surface area contributed by atoms with E-state index < -0.39 is 5.82 Å². The van der Waals surface area contributed by atoms with E-state index in [0.29, 0.717) is 18.5 Å². The fourth-order valence-corrected chi connectivity index (χ4v) is 2.77. The molecule has 3 rings (SSSR count). The zero-order valence-corrected chi connectivity index (χ0v) is 11.4. The van der Waals surface area contributed by atoms with Crippen LogP contribution in [0.2, 0.25) is 0 Å². The second-order valence-corrected chi connectivity index (χ2v) is 5.64. The molecule has 1 aromatic heterocycles. The molecule has 1 fully saturated rings. The highest BCUT2D eigenvalue weighted by atomic mass is 79.9. The number of halogens is 2. The largest absolute Gasteiger partial charge is 0.368 e. The van der Waals surface area contributed by atoms with Crippen molar-refractivity contribution in [3.05, 3.63) is 24.0 Å². The molecule has 0 bridgehead atoms. The summed E-state index contributed by atoms with van der Waals surface area (Å²) < 4.78 is 14.0. The first-order valence-electron chi connectivity index (χ1n) is 5.72. The van der Waals surface area contributed by atoms with Crippen molar-refractivity contribution < 1.29 is 9.18 Å². The van der Waals surface area contributed by atoms with E-state index in [0.717, 1.165) is 0 Å². The summed E-state index contributed by atoms with van der Waals surface area (Å²) in [6.45, 7) is 0.443. The van der Waals surface area contributed by atoms with E-state index in [1.807, 2.05) is 0 Å². The number of hydrogen-bond acceptors (Lipinski definition) is 4. The monoisotopic (exact) mass is 324 g/mol.